The normalized spacial score (nSPS) is 12.8. The number of nitrogens with one attached hydrogen (secondary N) is 1. The highest BCUT2D eigenvalue weighted by Crippen LogP contribution is 2.18. The zero-order valence-corrected chi connectivity index (χ0v) is 11.9. The topological polar surface area (TPSA) is 12.0 Å². The Hall–Kier alpha value is 0.110. The average molecular weight is 278 g/mol. The molecule has 1 N–H and O–H groups in total. The third-order valence-electron chi connectivity index (χ3n) is 2.20. The summed E-state index contributed by atoms with van der Waals surface area (Å²) in [5.74, 6) is 1.87. The van der Waals surface area contributed by atoms with E-state index >= 15 is 0 Å². The lowest BCUT2D eigenvalue weighted by Crippen LogP contribution is -2.22. The predicted octanol–water partition coefficient (Wildman–Crippen LogP) is 4.08. The van der Waals surface area contributed by atoms with Crippen molar-refractivity contribution >= 4 is 35.0 Å². The molecule has 0 saturated heterocycles. The van der Waals surface area contributed by atoms with Gasteiger partial charge in [-0.25, -0.2) is 0 Å². The summed E-state index contributed by atoms with van der Waals surface area (Å²) in [5.41, 5.74) is 1.13. The molecule has 0 aliphatic heterocycles. The lowest BCUT2D eigenvalue weighted by Gasteiger charge is -2.11. The Kier molecular flexibility index (Phi) is 6.59. The first kappa shape index (κ1) is 14.2. The largest absolute Gasteiger partial charge is 0.312 e. The fraction of sp³-hybridized carbons (Fsp3) is 0.500. The fourth-order valence-corrected chi connectivity index (χ4v) is 2.78. The molecule has 90 valence electrons. The molecule has 1 atom stereocenters. The molecular weight excluding hydrogens is 261 g/mol. The number of rotatable bonds is 6. The number of halogens is 2. The van der Waals surface area contributed by atoms with Crippen LogP contribution in [0.15, 0.2) is 18.2 Å². The number of hydrogen-bond donors (Lipinski definition) is 1. The molecule has 0 heterocycles. The molecular formula is C12H17Cl2NS. The summed E-state index contributed by atoms with van der Waals surface area (Å²) >= 11 is 13.7. The highest BCUT2D eigenvalue weighted by molar-refractivity contribution is 7.98. The molecule has 0 aromatic heterocycles. The van der Waals surface area contributed by atoms with Gasteiger partial charge in [0.05, 0.1) is 0 Å². The smallest absolute Gasteiger partial charge is 0.0424 e. The van der Waals surface area contributed by atoms with E-state index < -0.39 is 0 Å². The molecule has 0 radical (unpaired) electrons. The molecule has 0 aliphatic carbocycles. The minimum Gasteiger partial charge on any atom is -0.312 e. The Morgan fingerprint density at radius 2 is 1.88 bits per heavy atom. The molecule has 0 fully saturated rings. The van der Waals surface area contributed by atoms with E-state index in [0.29, 0.717) is 16.0 Å². The van der Waals surface area contributed by atoms with Gasteiger partial charge in [-0.15, -0.1) is 0 Å². The quantitative estimate of drug-likeness (QED) is 0.841. The van der Waals surface area contributed by atoms with Crippen LogP contribution < -0.4 is 5.32 Å². The second-order valence-electron chi connectivity index (χ2n) is 3.97. The van der Waals surface area contributed by atoms with E-state index in [1.807, 2.05) is 23.9 Å². The van der Waals surface area contributed by atoms with E-state index in [1.165, 1.54) is 5.75 Å². The number of hydrogen-bond acceptors (Lipinski definition) is 2. The van der Waals surface area contributed by atoms with Crippen molar-refractivity contribution in [2.75, 3.05) is 18.6 Å². The highest BCUT2D eigenvalue weighted by atomic mass is 35.5. The van der Waals surface area contributed by atoms with Crippen LogP contribution in [0.2, 0.25) is 10.0 Å². The second-order valence-corrected chi connectivity index (χ2v) is 5.75. The van der Waals surface area contributed by atoms with Gasteiger partial charge in [-0.3, -0.25) is 0 Å². The molecule has 0 aliphatic rings. The summed E-state index contributed by atoms with van der Waals surface area (Å²) in [6.07, 6.45) is 2.13. The summed E-state index contributed by atoms with van der Waals surface area (Å²) in [6, 6.07) is 5.64. The van der Waals surface area contributed by atoms with Gasteiger partial charge in [-0.05, 0) is 48.2 Å². The van der Waals surface area contributed by atoms with E-state index in [4.69, 9.17) is 23.2 Å². The van der Waals surface area contributed by atoms with Crippen LogP contribution in [0.3, 0.4) is 0 Å². The van der Waals surface area contributed by atoms with Gasteiger partial charge in [0.15, 0.2) is 0 Å². The van der Waals surface area contributed by atoms with Crippen LogP contribution in [0, 0.1) is 5.92 Å². The maximum Gasteiger partial charge on any atom is 0.0424 e. The van der Waals surface area contributed by atoms with Crippen molar-refractivity contribution in [1.82, 2.24) is 5.32 Å². The molecule has 1 unspecified atom stereocenters. The Morgan fingerprint density at radius 3 is 2.44 bits per heavy atom. The summed E-state index contributed by atoms with van der Waals surface area (Å²) in [4.78, 5) is 0. The lowest BCUT2D eigenvalue weighted by molar-refractivity contribution is 0.559. The first-order valence-corrected chi connectivity index (χ1v) is 7.41. The van der Waals surface area contributed by atoms with E-state index in [9.17, 15) is 0 Å². The first-order chi connectivity index (χ1) is 7.61. The third kappa shape index (κ3) is 5.44. The van der Waals surface area contributed by atoms with Gasteiger partial charge in [0.2, 0.25) is 0 Å². The number of thioether (sulfide) groups is 1. The van der Waals surface area contributed by atoms with Crippen LogP contribution in [0.5, 0.6) is 0 Å². The Morgan fingerprint density at radius 1 is 1.25 bits per heavy atom. The monoisotopic (exact) mass is 277 g/mol. The van der Waals surface area contributed by atoms with Crippen LogP contribution in [0.4, 0.5) is 0 Å². The Labute approximate surface area is 112 Å². The molecule has 1 rings (SSSR count). The van der Waals surface area contributed by atoms with Crippen molar-refractivity contribution in [3.8, 4) is 0 Å². The van der Waals surface area contributed by atoms with Crippen molar-refractivity contribution in [1.29, 1.82) is 0 Å². The standard InChI is InChI=1S/C12H17Cl2NS/c1-9(8-16-2)6-15-7-10-3-11(13)5-12(14)4-10/h3-5,9,15H,6-8H2,1-2H3. The maximum absolute atomic E-state index is 5.93. The summed E-state index contributed by atoms with van der Waals surface area (Å²) in [5, 5.41) is 4.80. The summed E-state index contributed by atoms with van der Waals surface area (Å²) in [6.45, 7) is 4.08. The number of benzene rings is 1. The van der Waals surface area contributed by atoms with Gasteiger partial charge in [0.1, 0.15) is 0 Å². The molecule has 0 bridgehead atoms. The highest BCUT2D eigenvalue weighted by Gasteiger charge is 2.01. The van der Waals surface area contributed by atoms with Crippen molar-refractivity contribution < 1.29 is 0 Å². The average Bonchev–Trinajstić information content (AvgIpc) is 2.16. The molecule has 0 amide bonds. The maximum atomic E-state index is 5.93. The van der Waals surface area contributed by atoms with Crippen molar-refractivity contribution in [2.24, 2.45) is 5.92 Å². The van der Waals surface area contributed by atoms with E-state index in [2.05, 4.69) is 18.5 Å². The van der Waals surface area contributed by atoms with Gasteiger partial charge >= 0.3 is 0 Å². The minimum absolute atomic E-state index is 0.685. The first-order valence-electron chi connectivity index (χ1n) is 5.26. The molecule has 4 heteroatoms. The molecule has 1 nitrogen and oxygen atoms in total. The fourth-order valence-electron chi connectivity index (χ4n) is 1.52. The summed E-state index contributed by atoms with van der Waals surface area (Å²) in [7, 11) is 0. The molecule has 16 heavy (non-hydrogen) atoms. The lowest BCUT2D eigenvalue weighted by atomic mass is 10.2. The van der Waals surface area contributed by atoms with E-state index in [0.717, 1.165) is 18.7 Å². The SMILES string of the molecule is CSCC(C)CNCc1cc(Cl)cc(Cl)c1. The zero-order chi connectivity index (χ0) is 12.0. The van der Waals surface area contributed by atoms with Gasteiger partial charge in [-0.1, -0.05) is 30.1 Å². The predicted molar refractivity (Wildman–Crippen MR) is 75.7 cm³/mol. The third-order valence-corrected chi connectivity index (χ3v) is 3.53. The van der Waals surface area contributed by atoms with Gasteiger partial charge < -0.3 is 5.32 Å². The summed E-state index contributed by atoms with van der Waals surface area (Å²) < 4.78 is 0. The Balaban J connectivity index is 2.37. The van der Waals surface area contributed by atoms with Crippen LogP contribution in [0.1, 0.15) is 12.5 Å². The van der Waals surface area contributed by atoms with Crippen LogP contribution in [-0.2, 0) is 6.54 Å². The Bertz CT molecular complexity index is 311. The molecule has 0 spiro atoms. The molecule has 0 saturated carbocycles. The van der Waals surface area contributed by atoms with Gasteiger partial charge in [-0.2, -0.15) is 11.8 Å². The van der Waals surface area contributed by atoms with Crippen molar-refractivity contribution in [3.05, 3.63) is 33.8 Å². The second kappa shape index (κ2) is 7.44. The van der Waals surface area contributed by atoms with Gasteiger partial charge in [0.25, 0.3) is 0 Å². The molecule has 1 aromatic carbocycles. The van der Waals surface area contributed by atoms with Crippen LogP contribution in [-0.4, -0.2) is 18.6 Å². The van der Waals surface area contributed by atoms with Crippen molar-refractivity contribution in [3.63, 3.8) is 0 Å². The van der Waals surface area contributed by atoms with Gasteiger partial charge in [0, 0.05) is 16.6 Å². The van der Waals surface area contributed by atoms with Crippen LogP contribution >= 0.6 is 35.0 Å². The van der Waals surface area contributed by atoms with E-state index in [1.54, 1.807) is 6.07 Å². The van der Waals surface area contributed by atoms with E-state index in [-0.39, 0.29) is 0 Å². The van der Waals surface area contributed by atoms with Crippen LogP contribution in [0.25, 0.3) is 0 Å². The minimum atomic E-state index is 0.685. The zero-order valence-electron chi connectivity index (χ0n) is 9.59. The molecule has 1 aromatic rings. The van der Waals surface area contributed by atoms with Crippen molar-refractivity contribution in [2.45, 2.75) is 13.5 Å².